The second-order valence-electron chi connectivity index (χ2n) is 4.49. The zero-order valence-electron chi connectivity index (χ0n) is 10.8. The number of para-hydroxylation sites is 2. The number of benzene rings is 2. The van der Waals surface area contributed by atoms with E-state index in [-0.39, 0.29) is 5.91 Å². The molecular formula is C16H12ClNO2. The van der Waals surface area contributed by atoms with Gasteiger partial charge in [0.1, 0.15) is 0 Å². The summed E-state index contributed by atoms with van der Waals surface area (Å²) < 4.78 is 5.69. The number of halogens is 1. The van der Waals surface area contributed by atoms with Gasteiger partial charge in [0.05, 0.1) is 5.69 Å². The Labute approximate surface area is 122 Å². The highest BCUT2D eigenvalue weighted by atomic mass is 35.5. The molecule has 0 aliphatic carbocycles. The Hall–Kier alpha value is -2.26. The van der Waals surface area contributed by atoms with Crippen LogP contribution in [0.3, 0.4) is 0 Å². The van der Waals surface area contributed by atoms with Gasteiger partial charge in [0.25, 0.3) is 5.91 Å². The predicted octanol–water partition coefficient (Wildman–Crippen LogP) is 3.74. The van der Waals surface area contributed by atoms with Crippen molar-refractivity contribution in [3.63, 3.8) is 0 Å². The molecule has 0 saturated carbocycles. The van der Waals surface area contributed by atoms with Crippen molar-refractivity contribution < 1.29 is 9.53 Å². The Bertz CT molecular complexity index is 692. The summed E-state index contributed by atoms with van der Waals surface area (Å²) in [6, 6.07) is 14.7. The number of rotatable bonds is 1. The normalized spacial score (nSPS) is 16.0. The van der Waals surface area contributed by atoms with Gasteiger partial charge < -0.3 is 9.64 Å². The Morgan fingerprint density at radius 2 is 1.80 bits per heavy atom. The Balaban J connectivity index is 2.00. The molecule has 2 aromatic rings. The van der Waals surface area contributed by atoms with Crippen LogP contribution >= 0.6 is 11.6 Å². The molecule has 1 amide bonds. The van der Waals surface area contributed by atoms with E-state index in [0.717, 1.165) is 11.3 Å². The van der Waals surface area contributed by atoms with Gasteiger partial charge in [0, 0.05) is 12.1 Å². The van der Waals surface area contributed by atoms with Gasteiger partial charge in [-0.05, 0) is 35.9 Å². The van der Waals surface area contributed by atoms with Crippen LogP contribution < -0.4 is 9.64 Å². The number of likely N-dealkylation sites (N-methyl/N-ethyl adjacent to an activating group) is 1. The van der Waals surface area contributed by atoms with E-state index >= 15 is 0 Å². The molecule has 20 heavy (non-hydrogen) atoms. The second-order valence-corrected chi connectivity index (χ2v) is 4.93. The highest BCUT2D eigenvalue weighted by Gasteiger charge is 2.26. The van der Waals surface area contributed by atoms with Gasteiger partial charge >= 0.3 is 0 Å². The molecule has 0 aromatic heterocycles. The maximum absolute atomic E-state index is 12.3. The first-order chi connectivity index (χ1) is 9.65. The molecular weight excluding hydrogens is 274 g/mol. The maximum atomic E-state index is 12.3. The molecule has 1 aliphatic heterocycles. The molecule has 1 heterocycles. The summed E-state index contributed by atoms with van der Waals surface area (Å²) in [6.07, 6.45) is 1.71. The quantitative estimate of drug-likeness (QED) is 0.747. The van der Waals surface area contributed by atoms with Crippen molar-refractivity contribution in [2.45, 2.75) is 0 Å². The largest absolute Gasteiger partial charge is 0.449 e. The fourth-order valence-corrected chi connectivity index (χ4v) is 2.18. The number of hydrogen-bond donors (Lipinski definition) is 0. The van der Waals surface area contributed by atoms with Crippen molar-refractivity contribution in [2.24, 2.45) is 0 Å². The molecule has 100 valence electrons. The first kappa shape index (κ1) is 12.8. The van der Waals surface area contributed by atoms with Gasteiger partial charge in [0.15, 0.2) is 11.5 Å². The molecule has 4 heteroatoms. The van der Waals surface area contributed by atoms with E-state index in [2.05, 4.69) is 0 Å². The summed E-state index contributed by atoms with van der Waals surface area (Å²) in [5, 5.41) is 0.658. The highest BCUT2D eigenvalue weighted by Crippen LogP contribution is 2.34. The molecule has 2 aromatic carbocycles. The van der Waals surface area contributed by atoms with E-state index in [1.165, 1.54) is 0 Å². The first-order valence-electron chi connectivity index (χ1n) is 6.17. The van der Waals surface area contributed by atoms with Crippen LogP contribution in [-0.4, -0.2) is 13.0 Å². The van der Waals surface area contributed by atoms with Gasteiger partial charge in [-0.2, -0.15) is 0 Å². The molecule has 0 bridgehead atoms. The Morgan fingerprint density at radius 1 is 1.10 bits per heavy atom. The lowest BCUT2D eigenvalue weighted by atomic mass is 10.1. The SMILES string of the molecule is CN1C(=O)C(=Cc2ccc(Cl)cc2)Oc2ccccc21. The standard InChI is InChI=1S/C16H12ClNO2/c1-18-13-4-2-3-5-14(13)20-15(16(18)19)10-11-6-8-12(17)9-7-11/h2-10H,1H3. The minimum absolute atomic E-state index is 0.168. The fourth-order valence-electron chi connectivity index (χ4n) is 2.06. The summed E-state index contributed by atoms with van der Waals surface area (Å²) in [6.45, 7) is 0. The van der Waals surface area contributed by atoms with Crippen molar-refractivity contribution in [3.05, 3.63) is 64.9 Å². The van der Waals surface area contributed by atoms with Gasteiger partial charge in [-0.25, -0.2) is 0 Å². The minimum atomic E-state index is -0.168. The van der Waals surface area contributed by atoms with E-state index in [9.17, 15) is 4.79 Å². The second kappa shape index (κ2) is 5.02. The van der Waals surface area contributed by atoms with Crippen LogP contribution in [0.4, 0.5) is 5.69 Å². The number of nitrogens with zero attached hydrogens (tertiary/aromatic N) is 1. The average Bonchev–Trinajstić information content (AvgIpc) is 2.47. The third kappa shape index (κ3) is 2.28. The highest BCUT2D eigenvalue weighted by molar-refractivity contribution is 6.30. The zero-order chi connectivity index (χ0) is 14.1. The van der Waals surface area contributed by atoms with Crippen molar-refractivity contribution in [1.29, 1.82) is 0 Å². The van der Waals surface area contributed by atoms with Crippen LogP contribution in [0.5, 0.6) is 5.75 Å². The van der Waals surface area contributed by atoms with Crippen molar-refractivity contribution in [2.75, 3.05) is 11.9 Å². The van der Waals surface area contributed by atoms with Gasteiger partial charge in [-0.1, -0.05) is 35.9 Å². The van der Waals surface area contributed by atoms with Crippen LogP contribution in [0.15, 0.2) is 54.3 Å². The van der Waals surface area contributed by atoms with Crippen molar-refractivity contribution >= 4 is 29.3 Å². The number of fused-ring (bicyclic) bond motifs is 1. The number of carbonyl (C=O) groups excluding carboxylic acids is 1. The van der Waals surface area contributed by atoms with E-state index in [1.807, 2.05) is 36.4 Å². The first-order valence-corrected chi connectivity index (χ1v) is 6.55. The molecule has 0 saturated heterocycles. The van der Waals surface area contributed by atoms with Crippen LogP contribution in [0.2, 0.25) is 5.02 Å². The zero-order valence-corrected chi connectivity index (χ0v) is 11.6. The fraction of sp³-hybridized carbons (Fsp3) is 0.0625. The summed E-state index contributed by atoms with van der Waals surface area (Å²) in [5.41, 5.74) is 1.64. The van der Waals surface area contributed by atoms with E-state index in [0.29, 0.717) is 16.5 Å². The third-order valence-corrected chi connectivity index (χ3v) is 3.38. The van der Waals surface area contributed by atoms with Gasteiger partial charge in [0.2, 0.25) is 0 Å². The summed E-state index contributed by atoms with van der Waals surface area (Å²) in [4.78, 5) is 13.8. The van der Waals surface area contributed by atoms with E-state index in [4.69, 9.17) is 16.3 Å². The molecule has 0 fully saturated rings. The predicted molar refractivity (Wildman–Crippen MR) is 79.9 cm³/mol. The van der Waals surface area contributed by atoms with Gasteiger partial charge in [-0.15, -0.1) is 0 Å². The molecule has 3 nitrogen and oxygen atoms in total. The van der Waals surface area contributed by atoms with Crippen molar-refractivity contribution in [1.82, 2.24) is 0 Å². The summed E-state index contributed by atoms with van der Waals surface area (Å²) in [7, 11) is 1.74. The number of carbonyl (C=O) groups is 1. The molecule has 0 N–H and O–H groups in total. The molecule has 0 atom stereocenters. The number of ether oxygens (including phenoxy) is 1. The average molecular weight is 286 g/mol. The molecule has 0 spiro atoms. The molecule has 0 radical (unpaired) electrons. The lowest BCUT2D eigenvalue weighted by Crippen LogP contribution is -2.33. The Morgan fingerprint density at radius 3 is 2.55 bits per heavy atom. The third-order valence-electron chi connectivity index (χ3n) is 3.13. The van der Waals surface area contributed by atoms with Crippen molar-refractivity contribution in [3.8, 4) is 5.75 Å². The van der Waals surface area contributed by atoms with Gasteiger partial charge in [-0.3, -0.25) is 4.79 Å². The summed E-state index contributed by atoms with van der Waals surface area (Å²) >= 11 is 5.85. The number of anilines is 1. The lowest BCUT2D eigenvalue weighted by Gasteiger charge is -2.27. The van der Waals surface area contributed by atoms with Crippen LogP contribution in [0, 0.1) is 0 Å². The monoisotopic (exact) mass is 285 g/mol. The number of amides is 1. The minimum Gasteiger partial charge on any atom is -0.449 e. The smallest absolute Gasteiger partial charge is 0.293 e. The molecule has 0 unspecified atom stereocenters. The van der Waals surface area contributed by atoms with E-state index < -0.39 is 0 Å². The van der Waals surface area contributed by atoms with Crippen LogP contribution in [0.1, 0.15) is 5.56 Å². The molecule has 3 rings (SSSR count). The molecule has 1 aliphatic rings. The Kier molecular flexibility index (Phi) is 3.20. The maximum Gasteiger partial charge on any atom is 0.293 e. The number of hydrogen-bond acceptors (Lipinski definition) is 2. The summed E-state index contributed by atoms with van der Waals surface area (Å²) in [5.74, 6) is 0.807. The van der Waals surface area contributed by atoms with Crippen LogP contribution in [-0.2, 0) is 4.79 Å². The lowest BCUT2D eigenvalue weighted by molar-refractivity contribution is -0.117. The van der Waals surface area contributed by atoms with E-state index in [1.54, 1.807) is 30.2 Å². The van der Waals surface area contributed by atoms with Crippen LogP contribution in [0.25, 0.3) is 6.08 Å². The topological polar surface area (TPSA) is 29.5 Å².